The summed E-state index contributed by atoms with van der Waals surface area (Å²) in [4.78, 5) is 20.9. The number of amides is 1. The third-order valence-electron chi connectivity index (χ3n) is 6.19. The maximum atomic E-state index is 13.9. The first-order valence-electron chi connectivity index (χ1n) is 11.8. The highest BCUT2D eigenvalue weighted by molar-refractivity contribution is 14.1. The predicted octanol–water partition coefficient (Wildman–Crippen LogP) is 6.26. The molecule has 3 aromatic carbocycles. The third kappa shape index (κ3) is 6.93. The second-order valence-electron chi connectivity index (χ2n) is 9.48. The molecule has 3 aromatic rings. The number of hydrogen-bond donors (Lipinski definition) is 2. The Hall–Kier alpha value is -2.03. The standard InChI is InChI=1S/C28H32I2N4O3S/c1-16-9-18(3)26(19(4)10-16)27(32-23-8-7-22(34(5)6)11-17(23)2)28(35)33-24-12-21(15-30)25(38(31,36)37)13-20(24)14-29/h7-13H,14-15H2,1-6H3,(H,33,35)(H2,31,36,37)/b32-27-. The largest absolute Gasteiger partial charge is 0.378 e. The number of benzene rings is 3. The molecule has 0 unspecified atom stereocenters. The van der Waals surface area contributed by atoms with Crippen LogP contribution in [0.4, 0.5) is 17.1 Å². The van der Waals surface area contributed by atoms with Gasteiger partial charge in [-0.25, -0.2) is 18.5 Å². The number of nitrogens with one attached hydrogen (secondary N) is 1. The van der Waals surface area contributed by atoms with Gasteiger partial charge in [-0.2, -0.15) is 0 Å². The molecule has 0 fully saturated rings. The van der Waals surface area contributed by atoms with Gasteiger partial charge in [0.2, 0.25) is 10.0 Å². The highest BCUT2D eigenvalue weighted by Crippen LogP contribution is 2.30. The van der Waals surface area contributed by atoms with Crippen LogP contribution in [0.25, 0.3) is 0 Å². The molecule has 0 atom stereocenters. The fourth-order valence-electron chi connectivity index (χ4n) is 4.38. The van der Waals surface area contributed by atoms with Crippen LogP contribution in [0.5, 0.6) is 0 Å². The van der Waals surface area contributed by atoms with Crippen molar-refractivity contribution >= 4 is 83.9 Å². The Morgan fingerprint density at radius 1 is 0.921 bits per heavy atom. The molecule has 0 aliphatic carbocycles. The second kappa shape index (κ2) is 12.4. The quantitative estimate of drug-likeness (QED) is 0.161. The van der Waals surface area contributed by atoms with E-state index in [0.29, 0.717) is 37.1 Å². The minimum atomic E-state index is -3.90. The number of nitrogens with zero attached hydrogens (tertiary/aromatic N) is 2. The molecule has 0 aliphatic rings. The van der Waals surface area contributed by atoms with E-state index in [1.807, 2.05) is 77.0 Å². The number of aryl methyl sites for hydroxylation is 4. The zero-order chi connectivity index (χ0) is 28.4. The molecule has 10 heteroatoms. The number of halogens is 2. The van der Waals surface area contributed by atoms with Gasteiger partial charge < -0.3 is 10.2 Å². The summed E-state index contributed by atoms with van der Waals surface area (Å²) < 4.78 is 25.2. The van der Waals surface area contributed by atoms with Gasteiger partial charge >= 0.3 is 0 Å². The minimum Gasteiger partial charge on any atom is -0.378 e. The molecule has 0 spiro atoms. The first kappa shape index (κ1) is 30.5. The highest BCUT2D eigenvalue weighted by atomic mass is 127. The fraction of sp³-hybridized carbons (Fsp3) is 0.286. The predicted molar refractivity (Wildman–Crippen MR) is 174 cm³/mol. The van der Waals surface area contributed by atoms with E-state index >= 15 is 0 Å². The molecule has 3 N–H and O–H groups in total. The number of carbonyl (C=O) groups excluding carboxylic acids is 1. The number of anilines is 2. The van der Waals surface area contributed by atoms with Gasteiger partial charge in [-0.05, 0) is 85.8 Å². The zero-order valence-corrected chi connectivity index (χ0v) is 27.4. The lowest BCUT2D eigenvalue weighted by molar-refractivity contribution is -0.110. The van der Waals surface area contributed by atoms with Crippen molar-refractivity contribution in [1.82, 2.24) is 0 Å². The molecule has 3 rings (SSSR count). The Balaban J connectivity index is 2.20. The van der Waals surface area contributed by atoms with E-state index in [-0.39, 0.29) is 10.8 Å². The molecule has 0 saturated heterocycles. The van der Waals surface area contributed by atoms with Crippen molar-refractivity contribution in [2.24, 2.45) is 10.1 Å². The number of primary sulfonamides is 1. The molecular formula is C28H32I2N4O3S. The van der Waals surface area contributed by atoms with Crippen molar-refractivity contribution in [2.45, 2.75) is 41.4 Å². The van der Waals surface area contributed by atoms with Gasteiger partial charge in [-0.15, -0.1) is 0 Å². The molecule has 0 aromatic heterocycles. The minimum absolute atomic E-state index is 0.0762. The summed E-state index contributed by atoms with van der Waals surface area (Å²) in [5.74, 6) is -0.370. The number of nitrogens with two attached hydrogens (primary N) is 1. The van der Waals surface area contributed by atoms with E-state index in [1.54, 1.807) is 12.1 Å². The van der Waals surface area contributed by atoms with Gasteiger partial charge in [0.05, 0.1) is 10.6 Å². The number of alkyl halides is 2. The summed E-state index contributed by atoms with van der Waals surface area (Å²) in [6.45, 7) is 7.95. The van der Waals surface area contributed by atoms with Crippen LogP contribution in [0.3, 0.4) is 0 Å². The third-order valence-corrected chi connectivity index (χ3v) is 8.82. The highest BCUT2D eigenvalue weighted by Gasteiger charge is 2.23. The Morgan fingerprint density at radius 2 is 1.53 bits per heavy atom. The molecule has 1 amide bonds. The molecule has 0 aliphatic heterocycles. The van der Waals surface area contributed by atoms with Crippen LogP contribution >= 0.6 is 45.2 Å². The van der Waals surface area contributed by atoms with Gasteiger partial charge in [0.1, 0.15) is 5.71 Å². The van der Waals surface area contributed by atoms with E-state index in [9.17, 15) is 13.2 Å². The summed E-state index contributed by atoms with van der Waals surface area (Å²) in [5, 5.41) is 8.49. The van der Waals surface area contributed by atoms with Crippen LogP contribution in [0.1, 0.15) is 38.9 Å². The van der Waals surface area contributed by atoms with E-state index in [2.05, 4.69) is 50.5 Å². The molecule has 0 bridgehead atoms. The summed E-state index contributed by atoms with van der Waals surface area (Å²) in [6, 6.07) is 13.3. The SMILES string of the molecule is Cc1cc(C)c(/C(=N/c2ccc(N(C)C)cc2C)C(=O)Nc2cc(CI)c(S(N)(=O)=O)cc2CI)c(C)c1. The molecule has 38 heavy (non-hydrogen) atoms. The van der Waals surface area contributed by atoms with E-state index < -0.39 is 10.0 Å². The van der Waals surface area contributed by atoms with Crippen LogP contribution in [0, 0.1) is 27.7 Å². The second-order valence-corrected chi connectivity index (χ2v) is 12.5. The lowest BCUT2D eigenvalue weighted by atomic mass is 9.95. The molecule has 0 radical (unpaired) electrons. The van der Waals surface area contributed by atoms with Gasteiger partial charge in [0.25, 0.3) is 5.91 Å². The normalized spacial score (nSPS) is 12.0. The van der Waals surface area contributed by atoms with Crippen molar-refractivity contribution in [3.63, 3.8) is 0 Å². The van der Waals surface area contributed by atoms with Gasteiger partial charge in [-0.1, -0.05) is 62.9 Å². The maximum Gasteiger partial charge on any atom is 0.274 e. The Bertz CT molecular complexity index is 1510. The van der Waals surface area contributed by atoms with Gasteiger partial charge in [0, 0.05) is 39.9 Å². The molecule has 0 saturated carbocycles. The average molecular weight is 758 g/mol. The van der Waals surface area contributed by atoms with E-state index in [1.165, 1.54) is 0 Å². The number of sulfonamides is 1. The summed E-state index contributed by atoms with van der Waals surface area (Å²) in [5.41, 5.74) is 8.51. The van der Waals surface area contributed by atoms with Gasteiger partial charge in [-0.3, -0.25) is 4.79 Å². The number of hydrogen-bond acceptors (Lipinski definition) is 5. The van der Waals surface area contributed by atoms with Crippen LogP contribution in [0.15, 0.2) is 52.4 Å². The van der Waals surface area contributed by atoms with Gasteiger partial charge in [0.15, 0.2) is 0 Å². The van der Waals surface area contributed by atoms with E-state index in [0.717, 1.165) is 33.5 Å². The summed E-state index contributed by atoms with van der Waals surface area (Å²) in [7, 11) is 0.0541. The van der Waals surface area contributed by atoms with Crippen LogP contribution in [-0.2, 0) is 23.7 Å². The first-order valence-corrected chi connectivity index (χ1v) is 16.4. The maximum absolute atomic E-state index is 13.9. The van der Waals surface area contributed by atoms with Crippen molar-refractivity contribution in [3.05, 3.63) is 81.4 Å². The fourth-order valence-corrected chi connectivity index (χ4v) is 6.71. The van der Waals surface area contributed by atoms with Crippen molar-refractivity contribution in [1.29, 1.82) is 0 Å². The lowest BCUT2D eigenvalue weighted by Crippen LogP contribution is -2.26. The Morgan fingerprint density at radius 3 is 2.03 bits per heavy atom. The van der Waals surface area contributed by atoms with E-state index in [4.69, 9.17) is 10.1 Å². The van der Waals surface area contributed by atoms with Crippen molar-refractivity contribution in [2.75, 3.05) is 24.3 Å². The first-order chi connectivity index (χ1) is 17.8. The molecule has 0 heterocycles. The van der Waals surface area contributed by atoms with Crippen LogP contribution < -0.4 is 15.4 Å². The monoisotopic (exact) mass is 758 g/mol. The lowest BCUT2D eigenvalue weighted by Gasteiger charge is -2.18. The molecule has 7 nitrogen and oxygen atoms in total. The van der Waals surface area contributed by atoms with Crippen LogP contribution in [-0.4, -0.2) is 34.1 Å². The summed E-state index contributed by atoms with van der Waals surface area (Å²) >= 11 is 4.24. The average Bonchev–Trinajstić information content (AvgIpc) is 2.82. The smallest absolute Gasteiger partial charge is 0.274 e. The zero-order valence-electron chi connectivity index (χ0n) is 22.3. The number of rotatable bonds is 8. The number of aliphatic imine (C=N–C) groups is 1. The Kier molecular flexibility index (Phi) is 9.98. The molecule has 202 valence electrons. The van der Waals surface area contributed by atoms with Crippen molar-refractivity contribution in [3.8, 4) is 0 Å². The topological polar surface area (TPSA) is 105 Å². The van der Waals surface area contributed by atoms with Crippen molar-refractivity contribution < 1.29 is 13.2 Å². The Labute approximate surface area is 252 Å². The van der Waals surface area contributed by atoms with Crippen LogP contribution in [0.2, 0.25) is 0 Å². The molecular weight excluding hydrogens is 726 g/mol. The summed E-state index contributed by atoms with van der Waals surface area (Å²) in [6.07, 6.45) is 0. The number of carbonyl (C=O) groups is 1.